The summed E-state index contributed by atoms with van der Waals surface area (Å²) >= 11 is 0. The molecule has 0 aliphatic heterocycles. The van der Waals surface area contributed by atoms with Crippen LogP contribution in [0.1, 0.15) is 59.3 Å². The molecule has 5 rings (SSSR count). The molecule has 1 aliphatic carbocycles. The number of halogens is 3. The Morgan fingerprint density at radius 1 is 1.03 bits per heavy atom. The maximum atomic E-state index is 13.2. The zero-order chi connectivity index (χ0) is 27.6. The maximum Gasteiger partial charge on any atom is 0.416 e. The topological polar surface area (TPSA) is 75.9 Å². The van der Waals surface area contributed by atoms with Gasteiger partial charge in [0.25, 0.3) is 0 Å². The van der Waals surface area contributed by atoms with Crippen molar-refractivity contribution in [2.45, 2.75) is 58.0 Å². The number of carbonyl (C=O) groups excluding carboxylic acids is 1. The fourth-order valence-corrected chi connectivity index (χ4v) is 4.99. The quantitative estimate of drug-likeness (QED) is 0.253. The molecular weight excluding hydrogens is 505 g/mol. The number of nitrogens with zero attached hydrogens (tertiary/aromatic N) is 5. The Bertz CT molecular complexity index is 1430. The van der Waals surface area contributed by atoms with Crippen molar-refractivity contribution in [3.63, 3.8) is 0 Å². The number of benzene rings is 2. The van der Waals surface area contributed by atoms with E-state index in [1.165, 1.54) is 18.6 Å². The van der Waals surface area contributed by atoms with Gasteiger partial charge in [0.05, 0.1) is 12.1 Å². The average molecular weight is 537 g/mol. The van der Waals surface area contributed by atoms with Gasteiger partial charge in [-0.05, 0) is 56.0 Å². The number of fused-ring (bicyclic) bond motifs is 1. The smallest absolute Gasteiger partial charge is 0.365 e. The van der Waals surface area contributed by atoms with E-state index in [-0.39, 0.29) is 18.4 Å². The van der Waals surface area contributed by atoms with E-state index >= 15 is 0 Å². The summed E-state index contributed by atoms with van der Waals surface area (Å²) in [6, 6.07) is 15.3. The Hall–Kier alpha value is -3.79. The molecular formula is C29H31F3N6O. The van der Waals surface area contributed by atoms with Gasteiger partial charge in [-0.2, -0.15) is 13.2 Å². The van der Waals surface area contributed by atoms with E-state index in [9.17, 15) is 18.0 Å². The zero-order valence-corrected chi connectivity index (χ0v) is 21.9. The van der Waals surface area contributed by atoms with Gasteiger partial charge in [0.15, 0.2) is 23.6 Å². The number of aldehydes is 1. The predicted molar refractivity (Wildman–Crippen MR) is 143 cm³/mol. The van der Waals surface area contributed by atoms with Crippen LogP contribution in [0.25, 0.3) is 11.2 Å². The normalized spacial score (nSPS) is 14.9. The summed E-state index contributed by atoms with van der Waals surface area (Å²) in [7, 11) is 1.98. The monoisotopic (exact) mass is 536 g/mol. The average Bonchev–Trinajstić information content (AvgIpc) is 3.19. The third kappa shape index (κ3) is 6.11. The number of hydrogen-bond acceptors (Lipinski definition) is 6. The molecule has 1 aliphatic rings. The van der Waals surface area contributed by atoms with Gasteiger partial charge in [0.2, 0.25) is 0 Å². The van der Waals surface area contributed by atoms with Crippen molar-refractivity contribution in [2.24, 2.45) is 5.92 Å². The van der Waals surface area contributed by atoms with Crippen molar-refractivity contribution < 1.29 is 18.0 Å². The minimum absolute atomic E-state index is 0.0363. The molecule has 2 heterocycles. The fraction of sp³-hybridized carbons (Fsp3) is 0.379. The first-order valence-electron chi connectivity index (χ1n) is 13.1. The molecule has 0 spiro atoms. The van der Waals surface area contributed by atoms with Crippen molar-refractivity contribution in [2.75, 3.05) is 12.4 Å². The van der Waals surface area contributed by atoms with Crippen LogP contribution in [0.5, 0.6) is 0 Å². The second-order valence-corrected chi connectivity index (χ2v) is 10.3. The van der Waals surface area contributed by atoms with E-state index in [1.54, 1.807) is 0 Å². The number of nitrogens with one attached hydrogen (secondary N) is 1. The van der Waals surface area contributed by atoms with Crippen LogP contribution in [0.4, 0.5) is 19.0 Å². The molecule has 1 fully saturated rings. The van der Waals surface area contributed by atoms with Crippen LogP contribution in [0.3, 0.4) is 0 Å². The van der Waals surface area contributed by atoms with Gasteiger partial charge in [-0.3, -0.25) is 9.69 Å². The highest BCUT2D eigenvalue weighted by Gasteiger charge is 2.30. The predicted octanol–water partition coefficient (Wildman–Crippen LogP) is 5.94. The van der Waals surface area contributed by atoms with Gasteiger partial charge >= 0.3 is 6.18 Å². The number of hydrogen-bond donors (Lipinski definition) is 1. The Balaban J connectivity index is 1.54. The first-order valence-corrected chi connectivity index (χ1v) is 13.1. The van der Waals surface area contributed by atoms with Gasteiger partial charge in [0.1, 0.15) is 11.3 Å². The molecule has 0 saturated heterocycles. The van der Waals surface area contributed by atoms with E-state index in [0.29, 0.717) is 53.7 Å². The van der Waals surface area contributed by atoms with Gasteiger partial charge in [-0.1, -0.05) is 48.9 Å². The van der Waals surface area contributed by atoms with E-state index in [0.717, 1.165) is 30.5 Å². The number of rotatable bonds is 10. The molecule has 2 aromatic carbocycles. The number of carbonyl (C=O) groups is 1. The molecule has 204 valence electrons. The van der Waals surface area contributed by atoms with Crippen LogP contribution in [0.15, 0.2) is 54.6 Å². The Kier molecular flexibility index (Phi) is 7.65. The third-order valence-corrected chi connectivity index (χ3v) is 7.35. The van der Waals surface area contributed by atoms with Crippen LogP contribution in [-0.4, -0.2) is 43.8 Å². The van der Waals surface area contributed by atoms with Crippen molar-refractivity contribution in [3.05, 3.63) is 82.9 Å². The van der Waals surface area contributed by atoms with Crippen molar-refractivity contribution in [3.8, 4) is 0 Å². The van der Waals surface area contributed by atoms with Crippen molar-refractivity contribution >= 4 is 23.3 Å². The second-order valence-electron chi connectivity index (χ2n) is 10.3. The SMILES string of the molecule is CC(Nc1nc(C=O)nc2nc(CN(C)Cc3ccccc3)n(Cc3ccc(C(F)(F)F)cc3)c12)C1CCC1. The maximum absolute atomic E-state index is 13.2. The molecule has 4 aromatic rings. The van der Waals surface area contributed by atoms with Crippen LogP contribution in [-0.2, 0) is 25.8 Å². The number of aromatic nitrogens is 4. The first kappa shape index (κ1) is 26.8. The first-order chi connectivity index (χ1) is 18.7. The molecule has 1 saturated carbocycles. The van der Waals surface area contributed by atoms with E-state index in [4.69, 9.17) is 4.98 Å². The van der Waals surface area contributed by atoms with Crippen LogP contribution in [0.2, 0.25) is 0 Å². The van der Waals surface area contributed by atoms with Crippen molar-refractivity contribution in [1.82, 2.24) is 24.4 Å². The molecule has 1 N–H and O–H groups in total. The Labute approximate surface area is 225 Å². The lowest BCUT2D eigenvalue weighted by atomic mass is 9.80. The van der Waals surface area contributed by atoms with Gasteiger partial charge < -0.3 is 9.88 Å². The van der Waals surface area contributed by atoms with Crippen LogP contribution >= 0.6 is 0 Å². The molecule has 7 nitrogen and oxygen atoms in total. The Morgan fingerprint density at radius 2 is 1.74 bits per heavy atom. The van der Waals surface area contributed by atoms with Crippen LogP contribution in [0, 0.1) is 5.92 Å². The summed E-state index contributed by atoms with van der Waals surface area (Å²) in [5.41, 5.74) is 2.15. The highest BCUT2D eigenvalue weighted by atomic mass is 19.4. The van der Waals surface area contributed by atoms with E-state index in [1.807, 2.05) is 41.9 Å². The number of anilines is 1. The largest absolute Gasteiger partial charge is 0.416 e. The standard InChI is InChI=1S/C29H31F3N6O/c1-19(22-9-6-10-22)33-27-26-28(35-24(18-39)34-27)36-25(17-37(2)15-20-7-4-3-5-8-20)38(26)16-21-11-13-23(14-12-21)29(30,31)32/h3-5,7-8,11-14,18-19,22H,6,9-10,15-17H2,1-2H3,(H,33,34,35). The summed E-state index contributed by atoms with van der Waals surface area (Å²) < 4.78 is 41.4. The third-order valence-electron chi connectivity index (χ3n) is 7.35. The van der Waals surface area contributed by atoms with Crippen LogP contribution < -0.4 is 5.32 Å². The number of alkyl halides is 3. The minimum Gasteiger partial charge on any atom is -0.365 e. The fourth-order valence-electron chi connectivity index (χ4n) is 4.99. The lowest BCUT2D eigenvalue weighted by molar-refractivity contribution is -0.137. The second kappa shape index (κ2) is 11.1. The summed E-state index contributed by atoms with van der Waals surface area (Å²) in [6.45, 7) is 3.52. The van der Waals surface area contributed by atoms with E-state index in [2.05, 4.69) is 27.1 Å². The summed E-state index contributed by atoms with van der Waals surface area (Å²) in [5.74, 6) is 1.74. The lowest BCUT2D eigenvalue weighted by Crippen LogP contribution is -2.31. The van der Waals surface area contributed by atoms with Gasteiger partial charge in [-0.15, -0.1) is 0 Å². The molecule has 1 unspecified atom stereocenters. The molecule has 39 heavy (non-hydrogen) atoms. The molecule has 0 bridgehead atoms. The highest BCUT2D eigenvalue weighted by Crippen LogP contribution is 2.33. The summed E-state index contributed by atoms with van der Waals surface area (Å²) in [6.07, 6.45) is -0.347. The van der Waals surface area contributed by atoms with Gasteiger partial charge in [0, 0.05) is 19.1 Å². The van der Waals surface area contributed by atoms with E-state index < -0.39 is 11.7 Å². The zero-order valence-electron chi connectivity index (χ0n) is 21.9. The Morgan fingerprint density at radius 3 is 2.36 bits per heavy atom. The molecule has 10 heteroatoms. The molecule has 2 aromatic heterocycles. The molecule has 1 atom stereocenters. The van der Waals surface area contributed by atoms with Gasteiger partial charge in [-0.25, -0.2) is 15.0 Å². The van der Waals surface area contributed by atoms with Crippen molar-refractivity contribution in [1.29, 1.82) is 0 Å². The summed E-state index contributed by atoms with van der Waals surface area (Å²) in [4.78, 5) is 27.5. The summed E-state index contributed by atoms with van der Waals surface area (Å²) in [5, 5.41) is 3.49. The highest BCUT2D eigenvalue weighted by molar-refractivity contribution is 5.87. The number of imidazole rings is 1. The minimum atomic E-state index is -4.40. The lowest BCUT2D eigenvalue weighted by Gasteiger charge is -2.32. The molecule has 0 radical (unpaired) electrons. The molecule has 0 amide bonds.